The average molecular weight is 448 g/mol. The molecular weight excluding hydrogens is 422 g/mol. The van der Waals surface area contributed by atoms with Crippen LogP contribution in [0.25, 0.3) is 17.0 Å². The summed E-state index contributed by atoms with van der Waals surface area (Å²) in [5.41, 5.74) is 3.20. The van der Waals surface area contributed by atoms with Gasteiger partial charge in [-0.3, -0.25) is 4.79 Å². The Bertz CT molecular complexity index is 1270. The molecule has 6 nitrogen and oxygen atoms in total. The molecule has 2 heterocycles. The molecule has 0 saturated heterocycles. The van der Waals surface area contributed by atoms with Crippen LogP contribution in [-0.4, -0.2) is 22.5 Å². The van der Waals surface area contributed by atoms with Crippen LogP contribution in [0.15, 0.2) is 36.0 Å². The zero-order chi connectivity index (χ0) is 22.8. The van der Waals surface area contributed by atoms with Gasteiger partial charge >= 0.3 is 5.97 Å². The number of aromatic nitrogens is 1. The number of aryl methyl sites for hydroxylation is 2. The van der Waals surface area contributed by atoms with E-state index in [2.05, 4.69) is 5.32 Å². The van der Waals surface area contributed by atoms with Gasteiger partial charge in [0, 0.05) is 34.6 Å². The molecule has 0 unspecified atom stereocenters. The Labute approximate surface area is 191 Å². The molecule has 1 aliphatic rings. The van der Waals surface area contributed by atoms with E-state index in [1.807, 2.05) is 48.1 Å². The van der Waals surface area contributed by atoms with E-state index in [1.165, 1.54) is 11.3 Å². The topological polar surface area (TPSA) is 84.1 Å². The van der Waals surface area contributed by atoms with Crippen molar-refractivity contribution in [1.29, 1.82) is 5.26 Å². The number of thiophene rings is 1. The molecule has 1 amide bonds. The molecule has 0 spiro atoms. The molecular formula is C25H25N3O3S. The number of anilines is 1. The van der Waals surface area contributed by atoms with Gasteiger partial charge in [0.05, 0.1) is 11.7 Å². The van der Waals surface area contributed by atoms with Crippen molar-refractivity contribution in [2.45, 2.75) is 45.6 Å². The van der Waals surface area contributed by atoms with Crippen molar-refractivity contribution in [3.63, 3.8) is 0 Å². The maximum Gasteiger partial charge on any atom is 0.341 e. The summed E-state index contributed by atoms with van der Waals surface area (Å²) < 4.78 is 7.41. The minimum absolute atomic E-state index is 0.0177. The molecule has 32 heavy (non-hydrogen) atoms. The van der Waals surface area contributed by atoms with Crippen molar-refractivity contribution in [3.05, 3.63) is 57.6 Å². The fraction of sp³-hybridized carbons (Fsp3) is 0.320. The number of benzene rings is 1. The molecule has 1 aliphatic carbocycles. The largest absolute Gasteiger partial charge is 0.459 e. The van der Waals surface area contributed by atoms with Crippen molar-refractivity contribution in [1.82, 2.24) is 4.57 Å². The first kappa shape index (κ1) is 21.8. The van der Waals surface area contributed by atoms with E-state index in [0.29, 0.717) is 10.6 Å². The number of nitrogens with zero attached hydrogens (tertiary/aromatic N) is 2. The third-order valence-electron chi connectivity index (χ3n) is 5.54. The number of hydrogen-bond acceptors (Lipinski definition) is 5. The monoisotopic (exact) mass is 447 g/mol. The number of carbonyl (C=O) groups excluding carboxylic acids is 2. The van der Waals surface area contributed by atoms with Gasteiger partial charge in [0.1, 0.15) is 16.6 Å². The van der Waals surface area contributed by atoms with Crippen LogP contribution in [0.2, 0.25) is 0 Å². The molecule has 1 N–H and O–H groups in total. The van der Waals surface area contributed by atoms with Gasteiger partial charge in [0.25, 0.3) is 5.91 Å². The van der Waals surface area contributed by atoms with Gasteiger partial charge in [0.15, 0.2) is 0 Å². The summed E-state index contributed by atoms with van der Waals surface area (Å²) in [4.78, 5) is 27.0. The summed E-state index contributed by atoms with van der Waals surface area (Å²) >= 11 is 1.41. The van der Waals surface area contributed by atoms with Crippen molar-refractivity contribution in [3.8, 4) is 6.07 Å². The summed E-state index contributed by atoms with van der Waals surface area (Å²) in [5, 5.41) is 14.0. The molecule has 1 aromatic carbocycles. The summed E-state index contributed by atoms with van der Waals surface area (Å²) in [6.07, 6.45) is 6.97. The normalized spacial score (nSPS) is 13.7. The Balaban J connectivity index is 1.68. The van der Waals surface area contributed by atoms with Gasteiger partial charge in [0.2, 0.25) is 0 Å². The van der Waals surface area contributed by atoms with Gasteiger partial charge in [-0.05, 0) is 57.2 Å². The lowest BCUT2D eigenvalue weighted by Gasteiger charge is -2.14. The molecule has 0 aliphatic heterocycles. The minimum atomic E-state index is -0.530. The van der Waals surface area contributed by atoms with Gasteiger partial charge < -0.3 is 14.6 Å². The third-order valence-corrected chi connectivity index (χ3v) is 6.75. The molecule has 0 atom stereocenters. The van der Waals surface area contributed by atoms with Crippen LogP contribution in [-0.2, 0) is 29.4 Å². The maximum absolute atomic E-state index is 13.0. The molecule has 0 radical (unpaired) electrons. The Kier molecular flexibility index (Phi) is 6.15. The van der Waals surface area contributed by atoms with Crippen LogP contribution < -0.4 is 5.32 Å². The van der Waals surface area contributed by atoms with Crippen molar-refractivity contribution >= 4 is 45.2 Å². The van der Waals surface area contributed by atoms with E-state index in [0.717, 1.165) is 52.6 Å². The third kappa shape index (κ3) is 4.19. The zero-order valence-electron chi connectivity index (χ0n) is 18.4. The molecule has 4 rings (SSSR count). The Morgan fingerprint density at radius 3 is 2.75 bits per heavy atom. The average Bonchev–Trinajstić information content (AvgIpc) is 3.28. The van der Waals surface area contributed by atoms with E-state index in [9.17, 15) is 14.9 Å². The minimum Gasteiger partial charge on any atom is -0.459 e. The number of nitriles is 1. The Morgan fingerprint density at radius 1 is 1.25 bits per heavy atom. The number of amides is 1. The highest BCUT2D eigenvalue weighted by Crippen LogP contribution is 2.39. The lowest BCUT2D eigenvalue weighted by Crippen LogP contribution is -2.18. The number of para-hydroxylation sites is 1. The molecule has 3 aromatic rings. The standard InChI is InChI=1S/C25H25N3O3S/c1-15(2)31-25(30)22-19-9-5-7-11-21(19)32-24(22)27-23(29)16(13-26)12-17-14-28(3)20-10-6-4-8-18(17)20/h4,6,8,10,12,14-15H,5,7,9,11H2,1-3H3,(H,27,29). The van der Waals surface area contributed by atoms with Gasteiger partial charge in [-0.25, -0.2) is 4.79 Å². The van der Waals surface area contributed by atoms with Crippen LogP contribution in [0.3, 0.4) is 0 Å². The van der Waals surface area contributed by atoms with Gasteiger partial charge in [-0.1, -0.05) is 18.2 Å². The summed E-state index contributed by atoms with van der Waals surface area (Å²) in [6, 6.07) is 9.84. The van der Waals surface area contributed by atoms with Crippen LogP contribution >= 0.6 is 11.3 Å². The Hall–Kier alpha value is -3.37. The lowest BCUT2D eigenvalue weighted by atomic mass is 9.95. The van der Waals surface area contributed by atoms with Crippen LogP contribution in [0.4, 0.5) is 5.00 Å². The first-order chi connectivity index (χ1) is 15.4. The second-order valence-electron chi connectivity index (χ2n) is 8.21. The van der Waals surface area contributed by atoms with Crippen LogP contribution in [0.5, 0.6) is 0 Å². The number of esters is 1. The SMILES string of the molecule is CC(C)OC(=O)c1c(NC(=O)C(C#N)=Cc2cn(C)c3ccccc23)sc2c1CCCC2. The number of rotatable bonds is 5. The zero-order valence-corrected chi connectivity index (χ0v) is 19.2. The number of fused-ring (bicyclic) bond motifs is 2. The molecule has 164 valence electrons. The molecule has 0 bridgehead atoms. The molecule has 2 aromatic heterocycles. The second kappa shape index (κ2) is 9.01. The first-order valence-electron chi connectivity index (χ1n) is 10.7. The predicted octanol–water partition coefficient (Wildman–Crippen LogP) is 5.23. The van der Waals surface area contributed by atoms with Crippen LogP contribution in [0.1, 0.15) is 53.1 Å². The number of carbonyl (C=O) groups is 2. The lowest BCUT2D eigenvalue weighted by molar-refractivity contribution is -0.112. The highest BCUT2D eigenvalue weighted by atomic mass is 32.1. The quantitative estimate of drug-likeness (QED) is 0.330. The predicted molar refractivity (Wildman–Crippen MR) is 127 cm³/mol. The molecule has 0 saturated carbocycles. The van der Waals surface area contributed by atoms with Crippen LogP contribution in [0, 0.1) is 11.3 Å². The second-order valence-corrected chi connectivity index (χ2v) is 9.31. The van der Waals surface area contributed by atoms with Crippen molar-refractivity contribution < 1.29 is 14.3 Å². The highest BCUT2D eigenvalue weighted by molar-refractivity contribution is 7.17. The van der Waals surface area contributed by atoms with Crippen molar-refractivity contribution in [2.75, 3.05) is 5.32 Å². The smallest absolute Gasteiger partial charge is 0.341 e. The Morgan fingerprint density at radius 2 is 2.00 bits per heavy atom. The maximum atomic E-state index is 13.0. The van der Waals surface area contributed by atoms with E-state index in [4.69, 9.17) is 4.74 Å². The summed E-state index contributed by atoms with van der Waals surface area (Å²) in [7, 11) is 1.93. The number of nitrogens with one attached hydrogen (secondary N) is 1. The summed E-state index contributed by atoms with van der Waals surface area (Å²) in [5.74, 6) is -0.955. The molecule has 7 heteroatoms. The van der Waals surface area contributed by atoms with Gasteiger partial charge in [-0.2, -0.15) is 5.26 Å². The van der Waals surface area contributed by atoms with E-state index in [1.54, 1.807) is 19.9 Å². The van der Waals surface area contributed by atoms with Crippen molar-refractivity contribution in [2.24, 2.45) is 7.05 Å². The molecule has 0 fully saturated rings. The summed E-state index contributed by atoms with van der Waals surface area (Å²) in [6.45, 7) is 3.60. The number of ether oxygens (including phenoxy) is 1. The highest BCUT2D eigenvalue weighted by Gasteiger charge is 2.28. The number of hydrogen-bond donors (Lipinski definition) is 1. The van der Waals surface area contributed by atoms with E-state index in [-0.39, 0.29) is 11.7 Å². The fourth-order valence-corrected chi connectivity index (χ4v) is 5.38. The van der Waals surface area contributed by atoms with Gasteiger partial charge in [-0.15, -0.1) is 11.3 Å². The first-order valence-corrected chi connectivity index (χ1v) is 11.5. The van der Waals surface area contributed by atoms with E-state index < -0.39 is 11.9 Å². The van der Waals surface area contributed by atoms with E-state index >= 15 is 0 Å². The fourth-order valence-electron chi connectivity index (χ4n) is 4.11.